The zero-order valence-electron chi connectivity index (χ0n) is 17.2. The lowest BCUT2D eigenvalue weighted by Gasteiger charge is -2.18. The van der Waals surface area contributed by atoms with Crippen LogP contribution in [0.3, 0.4) is 0 Å². The van der Waals surface area contributed by atoms with Crippen molar-refractivity contribution in [2.75, 3.05) is 5.73 Å². The fraction of sp³-hybridized carbons (Fsp3) is 0.273. The van der Waals surface area contributed by atoms with Crippen molar-refractivity contribution >= 4 is 17.3 Å². The molecule has 0 radical (unpaired) electrons. The fourth-order valence-corrected chi connectivity index (χ4v) is 4.02. The van der Waals surface area contributed by atoms with Gasteiger partial charge in [-0.25, -0.2) is 9.37 Å². The van der Waals surface area contributed by atoms with Crippen LogP contribution in [-0.2, 0) is 0 Å². The van der Waals surface area contributed by atoms with Crippen molar-refractivity contribution in [3.63, 3.8) is 0 Å². The highest BCUT2D eigenvalue weighted by atomic mass is 35.5. The Balaban J connectivity index is 1.48. The summed E-state index contributed by atoms with van der Waals surface area (Å²) in [7, 11) is 0. The molecule has 0 aliphatic heterocycles. The molecule has 0 spiro atoms. The average Bonchev–Trinajstić information content (AvgIpc) is 3.27. The number of nitrogen functional groups attached to an aromatic ring is 1. The maximum absolute atomic E-state index is 14.6. The molecule has 2 N–H and O–H groups in total. The second-order valence-corrected chi connectivity index (χ2v) is 8.41. The van der Waals surface area contributed by atoms with Gasteiger partial charge in [0.15, 0.2) is 11.6 Å². The molecule has 3 aromatic heterocycles. The number of halogens is 4. The maximum Gasteiger partial charge on any atom is 0.335 e. The second-order valence-electron chi connectivity index (χ2n) is 8.01. The number of alkyl halides is 2. The van der Waals surface area contributed by atoms with Gasteiger partial charge in [0.05, 0.1) is 28.5 Å². The van der Waals surface area contributed by atoms with Gasteiger partial charge in [-0.3, -0.25) is 9.67 Å². The molecule has 5 rings (SSSR count). The van der Waals surface area contributed by atoms with Gasteiger partial charge in [0.1, 0.15) is 6.33 Å². The van der Waals surface area contributed by atoms with Gasteiger partial charge in [0.2, 0.25) is 0 Å². The molecule has 1 unspecified atom stereocenters. The Morgan fingerprint density at radius 2 is 1.88 bits per heavy atom. The third-order valence-corrected chi connectivity index (χ3v) is 6.03. The second kappa shape index (κ2) is 8.51. The first-order valence-corrected chi connectivity index (χ1v) is 10.7. The summed E-state index contributed by atoms with van der Waals surface area (Å²) < 4.78 is 43.2. The summed E-state index contributed by atoms with van der Waals surface area (Å²) in [5, 5.41) is 7.96. The molecule has 7 nitrogen and oxygen atoms in total. The molecule has 1 aliphatic rings. The molecular formula is C22H19ClF3N7. The number of nitrogens with two attached hydrogens (primary N) is 1. The van der Waals surface area contributed by atoms with Crippen molar-refractivity contribution in [2.45, 2.75) is 31.9 Å². The standard InChI is InChI=1S/C22H19ClF3N7/c23-15-4-5-16(27)19(20(15)24)13-3-6-17(28-8-13)18(7-12-1-2-12)32-10-14(9-30-32)21-29-11-31-33(21)22(25)26/h3-6,8-12,18,22H,1-2,7,27H2. The lowest BCUT2D eigenvalue weighted by atomic mass is 10.0. The first kappa shape index (κ1) is 21.4. The highest BCUT2D eigenvalue weighted by molar-refractivity contribution is 6.31. The Morgan fingerprint density at radius 1 is 1.06 bits per heavy atom. The Kier molecular flexibility index (Phi) is 5.53. The summed E-state index contributed by atoms with van der Waals surface area (Å²) >= 11 is 5.92. The Bertz CT molecular complexity index is 1280. The number of rotatable bonds is 7. The molecular weight excluding hydrogens is 455 g/mol. The highest BCUT2D eigenvalue weighted by Gasteiger charge is 2.29. The monoisotopic (exact) mass is 473 g/mol. The molecule has 11 heteroatoms. The minimum absolute atomic E-state index is 0.0180. The maximum atomic E-state index is 14.6. The average molecular weight is 474 g/mol. The van der Waals surface area contributed by atoms with Gasteiger partial charge in [0, 0.05) is 29.2 Å². The van der Waals surface area contributed by atoms with E-state index in [1.54, 1.807) is 35.3 Å². The minimum Gasteiger partial charge on any atom is -0.398 e. The van der Waals surface area contributed by atoms with Gasteiger partial charge in [-0.1, -0.05) is 30.5 Å². The van der Waals surface area contributed by atoms with Crippen LogP contribution in [-0.4, -0.2) is 29.5 Å². The third-order valence-electron chi connectivity index (χ3n) is 5.73. The van der Waals surface area contributed by atoms with Gasteiger partial charge in [-0.05, 0) is 30.5 Å². The van der Waals surface area contributed by atoms with Crippen LogP contribution in [0.25, 0.3) is 22.5 Å². The van der Waals surface area contributed by atoms with Crippen molar-refractivity contribution in [3.05, 3.63) is 65.7 Å². The number of hydrogen-bond acceptors (Lipinski definition) is 5. The summed E-state index contributed by atoms with van der Waals surface area (Å²) in [6.07, 6.45) is 8.82. The van der Waals surface area contributed by atoms with Crippen LogP contribution >= 0.6 is 11.6 Å². The number of anilines is 1. The molecule has 1 atom stereocenters. The van der Waals surface area contributed by atoms with E-state index >= 15 is 0 Å². The first-order valence-electron chi connectivity index (χ1n) is 10.3. The van der Waals surface area contributed by atoms with Crippen molar-refractivity contribution in [2.24, 2.45) is 5.92 Å². The Morgan fingerprint density at radius 3 is 2.58 bits per heavy atom. The van der Waals surface area contributed by atoms with E-state index in [0.717, 1.165) is 31.3 Å². The predicted molar refractivity (Wildman–Crippen MR) is 117 cm³/mol. The summed E-state index contributed by atoms with van der Waals surface area (Å²) in [5.74, 6) is -0.0212. The van der Waals surface area contributed by atoms with Crippen molar-refractivity contribution in [1.82, 2.24) is 29.5 Å². The smallest absolute Gasteiger partial charge is 0.335 e. The molecule has 170 valence electrons. The summed E-state index contributed by atoms with van der Waals surface area (Å²) in [6, 6.07) is 6.28. The zero-order chi connectivity index (χ0) is 23.1. The van der Waals surface area contributed by atoms with E-state index in [9.17, 15) is 13.2 Å². The van der Waals surface area contributed by atoms with Crippen LogP contribution in [0.15, 0.2) is 49.2 Å². The number of aromatic nitrogens is 6. The lowest BCUT2D eigenvalue weighted by molar-refractivity contribution is 0.0582. The van der Waals surface area contributed by atoms with Crippen LogP contribution in [0.4, 0.5) is 18.9 Å². The normalized spacial score (nSPS) is 14.7. The number of pyridine rings is 1. The van der Waals surface area contributed by atoms with Crippen molar-refractivity contribution < 1.29 is 13.2 Å². The molecule has 3 heterocycles. The van der Waals surface area contributed by atoms with Gasteiger partial charge < -0.3 is 5.73 Å². The molecule has 0 bridgehead atoms. The summed E-state index contributed by atoms with van der Waals surface area (Å²) in [6.45, 7) is -2.80. The minimum atomic E-state index is -2.80. The number of nitrogens with zero attached hydrogens (tertiary/aromatic N) is 6. The largest absolute Gasteiger partial charge is 0.398 e. The van der Waals surface area contributed by atoms with E-state index in [4.69, 9.17) is 17.3 Å². The summed E-state index contributed by atoms with van der Waals surface area (Å²) in [4.78, 5) is 8.50. The molecule has 0 saturated heterocycles. The lowest BCUT2D eigenvalue weighted by Crippen LogP contribution is -2.14. The molecule has 33 heavy (non-hydrogen) atoms. The molecule has 4 aromatic rings. The van der Waals surface area contributed by atoms with Crippen LogP contribution in [0.2, 0.25) is 5.02 Å². The third kappa shape index (κ3) is 4.18. The van der Waals surface area contributed by atoms with Gasteiger partial charge >= 0.3 is 6.55 Å². The van der Waals surface area contributed by atoms with E-state index < -0.39 is 12.4 Å². The zero-order valence-corrected chi connectivity index (χ0v) is 18.0. The van der Waals surface area contributed by atoms with E-state index in [2.05, 4.69) is 20.2 Å². The Hall–Kier alpha value is -3.40. The summed E-state index contributed by atoms with van der Waals surface area (Å²) in [5.41, 5.74) is 8.08. The van der Waals surface area contributed by atoms with Crippen LogP contribution in [0, 0.1) is 11.7 Å². The molecule has 1 aliphatic carbocycles. The molecule has 1 fully saturated rings. The van der Waals surface area contributed by atoms with Gasteiger partial charge in [0.25, 0.3) is 0 Å². The van der Waals surface area contributed by atoms with Crippen LogP contribution in [0.1, 0.15) is 37.5 Å². The first-order chi connectivity index (χ1) is 15.9. The SMILES string of the molecule is Nc1ccc(Cl)c(F)c1-c1ccc(C(CC2CC2)n2cc(-c3ncnn3C(F)F)cn2)nc1. The van der Waals surface area contributed by atoms with Crippen LogP contribution in [0.5, 0.6) is 0 Å². The van der Waals surface area contributed by atoms with Gasteiger partial charge in [-0.2, -0.15) is 23.7 Å². The Labute approximate surface area is 192 Å². The van der Waals surface area contributed by atoms with E-state index in [1.165, 1.54) is 12.3 Å². The van der Waals surface area contributed by atoms with Crippen molar-refractivity contribution in [3.8, 4) is 22.5 Å². The van der Waals surface area contributed by atoms with Crippen LogP contribution < -0.4 is 5.73 Å². The van der Waals surface area contributed by atoms with E-state index in [0.29, 0.717) is 21.7 Å². The molecule has 1 saturated carbocycles. The van der Waals surface area contributed by atoms with E-state index in [1.807, 2.05) is 0 Å². The van der Waals surface area contributed by atoms with E-state index in [-0.39, 0.29) is 28.1 Å². The quantitative estimate of drug-likeness (QED) is 0.365. The number of benzene rings is 1. The van der Waals surface area contributed by atoms with Crippen molar-refractivity contribution in [1.29, 1.82) is 0 Å². The topological polar surface area (TPSA) is 87.4 Å². The molecule has 1 aromatic carbocycles. The fourth-order valence-electron chi connectivity index (χ4n) is 3.87. The predicted octanol–water partition coefficient (Wildman–Crippen LogP) is 5.36. The molecule has 0 amide bonds. The number of hydrogen-bond donors (Lipinski definition) is 1. The van der Waals surface area contributed by atoms with Gasteiger partial charge in [-0.15, -0.1) is 0 Å². The highest BCUT2D eigenvalue weighted by Crippen LogP contribution is 2.40.